The molecule has 5 nitrogen and oxygen atoms in total. The highest BCUT2D eigenvalue weighted by Crippen LogP contribution is 2.24. The fourth-order valence-corrected chi connectivity index (χ4v) is 2.80. The number of benzene rings is 1. The normalized spacial score (nSPS) is 22.8. The Morgan fingerprint density at radius 3 is 2.95 bits per heavy atom. The maximum absolute atomic E-state index is 9.46. The summed E-state index contributed by atoms with van der Waals surface area (Å²) in [6, 6.07) is 10.1. The van der Waals surface area contributed by atoms with Crippen molar-refractivity contribution in [3.63, 3.8) is 0 Å². The molecule has 1 saturated heterocycles. The van der Waals surface area contributed by atoms with Crippen LogP contribution >= 0.6 is 11.8 Å². The summed E-state index contributed by atoms with van der Waals surface area (Å²) in [7, 11) is 0. The topological polar surface area (TPSA) is 71.2 Å². The molecule has 100 valence electrons. The molecule has 0 aliphatic carbocycles. The first kappa shape index (κ1) is 12.7. The molecular formula is C13H15N3O2S. The van der Waals surface area contributed by atoms with Gasteiger partial charge >= 0.3 is 0 Å². The van der Waals surface area contributed by atoms with Crippen LogP contribution in [0.2, 0.25) is 0 Å². The first-order chi connectivity index (χ1) is 9.31. The van der Waals surface area contributed by atoms with Crippen molar-refractivity contribution in [3.05, 3.63) is 42.0 Å². The summed E-state index contributed by atoms with van der Waals surface area (Å²) >= 11 is 1.68. The van der Waals surface area contributed by atoms with E-state index in [2.05, 4.69) is 27.6 Å². The Morgan fingerprint density at radius 2 is 2.21 bits per heavy atom. The Morgan fingerprint density at radius 1 is 1.37 bits per heavy atom. The van der Waals surface area contributed by atoms with Crippen LogP contribution in [-0.4, -0.2) is 27.9 Å². The minimum absolute atomic E-state index is 0.0158. The molecule has 1 fully saturated rings. The van der Waals surface area contributed by atoms with Gasteiger partial charge in [-0.05, 0) is 18.6 Å². The zero-order valence-electron chi connectivity index (χ0n) is 10.3. The molecule has 1 aromatic heterocycles. The monoisotopic (exact) mass is 277 g/mol. The van der Waals surface area contributed by atoms with Crippen molar-refractivity contribution in [2.75, 3.05) is 6.54 Å². The average Bonchev–Trinajstić information content (AvgIpc) is 3.06. The summed E-state index contributed by atoms with van der Waals surface area (Å²) in [5.74, 6) is 1.94. The zero-order valence-corrected chi connectivity index (χ0v) is 11.1. The van der Waals surface area contributed by atoms with E-state index < -0.39 is 0 Å². The molecule has 1 aliphatic rings. The highest BCUT2D eigenvalue weighted by Gasteiger charge is 2.27. The lowest BCUT2D eigenvalue weighted by Crippen LogP contribution is -2.15. The van der Waals surface area contributed by atoms with Crippen LogP contribution in [0.5, 0.6) is 0 Å². The van der Waals surface area contributed by atoms with Gasteiger partial charge in [-0.25, -0.2) is 0 Å². The van der Waals surface area contributed by atoms with Crippen LogP contribution in [-0.2, 0) is 5.75 Å². The van der Waals surface area contributed by atoms with Crippen LogP contribution in [0.3, 0.4) is 0 Å². The molecule has 19 heavy (non-hydrogen) atoms. The van der Waals surface area contributed by atoms with Crippen molar-refractivity contribution in [1.29, 1.82) is 0 Å². The standard InChI is InChI=1S/C13H15N3O2S/c17-9-6-11(14-7-9)13-15-12(16-18-13)8-19-10-4-2-1-3-5-10/h1-5,9,11,14,17H,6-8H2/t9-,11-/m0/s1. The van der Waals surface area contributed by atoms with Crippen molar-refractivity contribution in [1.82, 2.24) is 15.5 Å². The van der Waals surface area contributed by atoms with Gasteiger partial charge in [-0.3, -0.25) is 0 Å². The molecule has 6 heteroatoms. The molecule has 3 rings (SSSR count). The quantitative estimate of drug-likeness (QED) is 0.830. The summed E-state index contributed by atoms with van der Waals surface area (Å²) in [5.41, 5.74) is 0. The third-order valence-electron chi connectivity index (χ3n) is 3.00. The number of nitrogens with zero attached hydrogens (tertiary/aromatic N) is 2. The summed E-state index contributed by atoms with van der Waals surface area (Å²) in [6.07, 6.45) is 0.312. The predicted molar refractivity (Wildman–Crippen MR) is 71.7 cm³/mol. The van der Waals surface area contributed by atoms with Crippen molar-refractivity contribution in [2.45, 2.75) is 29.2 Å². The van der Waals surface area contributed by atoms with Crippen LogP contribution in [0, 0.1) is 0 Å². The number of aliphatic hydroxyl groups excluding tert-OH is 1. The maximum Gasteiger partial charge on any atom is 0.243 e. The van der Waals surface area contributed by atoms with E-state index in [0.717, 1.165) is 0 Å². The molecule has 2 atom stereocenters. The Bertz CT molecular complexity index is 532. The summed E-state index contributed by atoms with van der Waals surface area (Å²) < 4.78 is 5.24. The van der Waals surface area contributed by atoms with Crippen LogP contribution in [0.25, 0.3) is 0 Å². The van der Waals surface area contributed by atoms with Crippen LogP contribution in [0.15, 0.2) is 39.8 Å². The summed E-state index contributed by atoms with van der Waals surface area (Å²) in [6.45, 7) is 0.584. The second-order valence-electron chi connectivity index (χ2n) is 4.50. The van der Waals surface area contributed by atoms with Gasteiger partial charge in [0.05, 0.1) is 17.9 Å². The molecule has 1 aromatic carbocycles. The fourth-order valence-electron chi connectivity index (χ4n) is 2.04. The van der Waals surface area contributed by atoms with E-state index in [9.17, 15) is 5.11 Å². The van der Waals surface area contributed by atoms with Gasteiger partial charge in [-0.1, -0.05) is 23.4 Å². The lowest BCUT2D eigenvalue weighted by atomic mass is 10.2. The number of hydrogen-bond donors (Lipinski definition) is 2. The van der Waals surface area contributed by atoms with E-state index in [1.165, 1.54) is 4.90 Å². The van der Waals surface area contributed by atoms with Gasteiger partial charge in [0.15, 0.2) is 5.82 Å². The van der Waals surface area contributed by atoms with Gasteiger partial charge in [-0.2, -0.15) is 4.98 Å². The van der Waals surface area contributed by atoms with Gasteiger partial charge in [0.2, 0.25) is 5.89 Å². The van der Waals surface area contributed by atoms with Crippen LogP contribution in [0.1, 0.15) is 24.2 Å². The van der Waals surface area contributed by atoms with Crippen molar-refractivity contribution < 1.29 is 9.63 Å². The van der Waals surface area contributed by atoms with Crippen molar-refractivity contribution in [3.8, 4) is 0 Å². The average molecular weight is 277 g/mol. The Labute approximate surface area is 115 Å². The second kappa shape index (κ2) is 5.73. The number of rotatable bonds is 4. The van der Waals surface area contributed by atoms with Crippen LogP contribution < -0.4 is 5.32 Å². The van der Waals surface area contributed by atoms with E-state index in [1.807, 2.05) is 18.2 Å². The van der Waals surface area contributed by atoms with E-state index in [-0.39, 0.29) is 12.1 Å². The van der Waals surface area contributed by atoms with Gasteiger partial charge < -0.3 is 14.9 Å². The summed E-state index contributed by atoms with van der Waals surface area (Å²) in [5, 5.41) is 16.6. The largest absolute Gasteiger partial charge is 0.392 e. The Hall–Kier alpha value is -1.37. The van der Waals surface area contributed by atoms with Gasteiger partial charge in [0.25, 0.3) is 0 Å². The first-order valence-corrected chi connectivity index (χ1v) is 7.21. The highest BCUT2D eigenvalue weighted by atomic mass is 32.2. The molecule has 0 unspecified atom stereocenters. The smallest absolute Gasteiger partial charge is 0.243 e. The minimum Gasteiger partial charge on any atom is -0.392 e. The molecule has 2 N–H and O–H groups in total. The molecule has 2 aromatic rings. The van der Waals surface area contributed by atoms with Gasteiger partial charge in [0.1, 0.15) is 0 Å². The molecule has 0 amide bonds. The first-order valence-electron chi connectivity index (χ1n) is 6.23. The second-order valence-corrected chi connectivity index (χ2v) is 5.55. The lowest BCUT2D eigenvalue weighted by molar-refractivity contribution is 0.191. The maximum atomic E-state index is 9.46. The molecule has 1 aliphatic heterocycles. The third kappa shape index (κ3) is 3.15. The van der Waals surface area contributed by atoms with E-state index in [4.69, 9.17) is 4.52 Å². The Balaban J connectivity index is 1.59. The number of nitrogens with one attached hydrogen (secondary N) is 1. The van der Waals surface area contributed by atoms with Crippen molar-refractivity contribution >= 4 is 11.8 Å². The van der Waals surface area contributed by atoms with Gasteiger partial charge in [-0.15, -0.1) is 11.8 Å². The highest BCUT2D eigenvalue weighted by molar-refractivity contribution is 7.98. The number of thioether (sulfide) groups is 1. The number of hydrogen-bond acceptors (Lipinski definition) is 6. The fraction of sp³-hybridized carbons (Fsp3) is 0.385. The van der Waals surface area contributed by atoms with Gasteiger partial charge in [0, 0.05) is 11.4 Å². The number of aromatic nitrogens is 2. The molecule has 0 spiro atoms. The molecule has 0 saturated carbocycles. The molecular weight excluding hydrogens is 262 g/mol. The summed E-state index contributed by atoms with van der Waals surface area (Å²) in [4.78, 5) is 5.55. The van der Waals surface area contributed by atoms with E-state index in [0.29, 0.717) is 30.4 Å². The number of β-amino-alcohol motifs (C(OH)–C–C–N with tert-alkyl or cyclic N) is 1. The van der Waals surface area contributed by atoms with Crippen molar-refractivity contribution in [2.24, 2.45) is 0 Å². The van der Waals surface area contributed by atoms with Crippen LogP contribution in [0.4, 0.5) is 0 Å². The third-order valence-corrected chi connectivity index (χ3v) is 4.01. The number of aliphatic hydroxyl groups is 1. The SMILES string of the molecule is O[C@@H]1CN[C@H](c2nc(CSc3ccccc3)no2)C1. The zero-order chi connectivity index (χ0) is 13.1. The lowest BCUT2D eigenvalue weighted by Gasteiger charge is -2.01. The Kier molecular flexibility index (Phi) is 3.82. The molecule has 0 bridgehead atoms. The molecule has 0 radical (unpaired) electrons. The van der Waals surface area contributed by atoms with E-state index >= 15 is 0 Å². The minimum atomic E-state index is -0.320. The van der Waals surface area contributed by atoms with E-state index in [1.54, 1.807) is 11.8 Å². The predicted octanol–water partition coefficient (Wildman–Crippen LogP) is 1.76. The molecule has 2 heterocycles.